The van der Waals surface area contributed by atoms with Crippen molar-refractivity contribution in [3.05, 3.63) is 0 Å². The molecule has 0 amide bonds. The molecule has 3 nitrogen and oxygen atoms in total. The molecule has 0 spiro atoms. The van der Waals surface area contributed by atoms with Crippen molar-refractivity contribution in [3.8, 4) is 0 Å². The van der Waals surface area contributed by atoms with Crippen LogP contribution in [0.15, 0.2) is 0 Å². The number of ether oxygens (including phenoxy) is 1. The molecular weight excluding hydrogens is 226 g/mol. The predicted octanol–water partition coefficient (Wildman–Crippen LogP) is 2.89. The molecule has 1 N–H and O–H groups in total. The minimum absolute atomic E-state index is 0.0128. The van der Waals surface area contributed by atoms with E-state index in [4.69, 9.17) is 4.74 Å². The lowest BCUT2D eigenvalue weighted by Gasteiger charge is -2.30. The lowest BCUT2D eigenvalue weighted by molar-refractivity contribution is -0.149. The number of hydrogen-bond acceptors (Lipinski definition) is 3. The van der Waals surface area contributed by atoms with Crippen molar-refractivity contribution in [2.75, 3.05) is 6.61 Å². The first kappa shape index (κ1) is 13.9. The summed E-state index contributed by atoms with van der Waals surface area (Å²) >= 11 is 0. The van der Waals surface area contributed by atoms with Crippen LogP contribution >= 0.6 is 0 Å². The van der Waals surface area contributed by atoms with Gasteiger partial charge in [-0.2, -0.15) is 0 Å². The average molecular weight is 253 g/mol. The fraction of sp³-hybridized carbons (Fsp3) is 0.933. The van der Waals surface area contributed by atoms with E-state index in [-0.39, 0.29) is 11.9 Å². The highest BCUT2D eigenvalue weighted by Gasteiger charge is 2.30. The van der Waals surface area contributed by atoms with Crippen molar-refractivity contribution in [2.24, 2.45) is 11.8 Å². The van der Waals surface area contributed by atoms with Gasteiger partial charge in [0.05, 0.1) is 12.5 Å². The minimum Gasteiger partial charge on any atom is -0.466 e. The zero-order valence-electron chi connectivity index (χ0n) is 11.8. The molecule has 0 heterocycles. The highest BCUT2D eigenvalue weighted by atomic mass is 16.5. The number of esters is 1. The van der Waals surface area contributed by atoms with Gasteiger partial charge in [0, 0.05) is 12.1 Å². The van der Waals surface area contributed by atoms with Gasteiger partial charge in [-0.3, -0.25) is 4.79 Å². The molecule has 3 heteroatoms. The van der Waals surface area contributed by atoms with Gasteiger partial charge in [0.1, 0.15) is 0 Å². The second kappa shape index (κ2) is 6.55. The van der Waals surface area contributed by atoms with E-state index in [1.165, 1.54) is 25.7 Å². The van der Waals surface area contributed by atoms with Crippen LogP contribution in [0.1, 0.15) is 58.8 Å². The van der Waals surface area contributed by atoms with Crippen molar-refractivity contribution in [1.82, 2.24) is 5.32 Å². The van der Waals surface area contributed by atoms with Crippen LogP contribution in [0.4, 0.5) is 0 Å². The molecule has 0 aromatic heterocycles. The Labute approximate surface area is 111 Å². The topological polar surface area (TPSA) is 38.3 Å². The lowest BCUT2D eigenvalue weighted by Crippen LogP contribution is -2.41. The van der Waals surface area contributed by atoms with E-state index in [2.05, 4.69) is 12.2 Å². The van der Waals surface area contributed by atoms with Gasteiger partial charge < -0.3 is 10.1 Å². The number of carbonyl (C=O) groups is 1. The van der Waals surface area contributed by atoms with Crippen molar-refractivity contribution < 1.29 is 9.53 Å². The molecule has 2 saturated carbocycles. The molecule has 0 radical (unpaired) electrons. The van der Waals surface area contributed by atoms with Crippen LogP contribution in [-0.4, -0.2) is 24.7 Å². The Bertz CT molecular complexity index is 276. The third-order valence-corrected chi connectivity index (χ3v) is 4.20. The molecule has 104 valence electrons. The quantitative estimate of drug-likeness (QED) is 0.740. The summed E-state index contributed by atoms with van der Waals surface area (Å²) in [4.78, 5) is 11.8. The highest BCUT2D eigenvalue weighted by Crippen LogP contribution is 2.34. The third-order valence-electron chi connectivity index (χ3n) is 4.20. The van der Waals surface area contributed by atoms with Gasteiger partial charge in [0.15, 0.2) is 0 Å². The van der Waals surface area contributed by atoms with Gasteiger partial charge >= 0.3 is 5.97 Å². The molecule has 2 rings (SSSR count). The first-order chi connectivity index (χ1) is 8.69. The molecule has 2 fully saturated rings. The standard InChI is InChI=1S/C15H27NO2/c1-3-18-15(17)13-5-4-6-14(10-13)16-11(2)9-12-7-8-12/h11-14,16H,3-10H2,1-2H3. The van der Waals surface area contributed by atoms with Crippen LogP contribution in [-0.2, 0) is 9.53 Å². The van der Waals surface area contributed by atoms with Crippen LogP contribution in [0.25, 0.3) is 0 Å². The van der Waals surface area contributed by atoms with E-state index in [0.717, 1.165) is 25.2 Å². The Balaban J connectivity index is 1.73. The summed E-state index contributed by atoms with van der Waals surface area (Å²) in [6.45, 7) is 4.67. The summed E-state index contributed by atoms with van der Waals surface area (Å²) in [7, 11) is 0. The number of hydrogen-bond donors (Lipinski definition) is 1. The molecule has 0 aromatic rings. The normalized spacial score (nSPS) is 29.9. The molecule has 3 unspecified atom stereocenters. The zero-order chi connectivity index (χ0) is 13.0. The van der Waals surface area contributed by atoms with E-state index < -0.39 is 0 Å². The monoisotopic (exact) mass is 253 g/mol. The van der Waals surface area contributed by atoms with Gasteiger partial charge in [-0.05, 0) is 45.4 Å². The zero-order valence-corrected chi connectivity index (χ0v) is 11.8. The fourth-order valence-corrected chi connectivity index (χ4v) is 3.14. The molecule has 3 atom stereocenters. The van der Waals surface area contributed by atoms with E-state index in [1.807, 2.05) is 6.92 Å². The summed E-state index contributed by atoms with van der Waals surface area (Å²) in [5.41, 5.74) is 0. The molecule has 0 aromatic carbocycles. The second-order valence-corrected chi connectivity index (χ2v) is 6.06. The fourth-order valence-electron chi connectivity index (χ4n) is 3.14. The summed E-state index contributed by atoms with van der Waals surface area (Å²) in [6, 6.07) is 1.12. The van der Waals surface area contributed by atoms with Crippen LogP contribution < -0.4 is 5.32 Å². The van der Waals surface area contributed by atoms with Crippen molar-refractivity contribution in [1.29, 1.82) is 0 Å². The first-order valence-electron chi connectivity index (χ1n) is 7.61. The maximum absolute atomic E-state index is 11.8. The van der Waals surface area contributed by atoms with Gasteiger partial charge in [0.2, 0.25) is 0 Å². The van der Waals surface area contributed by atoms with Gasteiger partial charge in [-0.25, -0.2) is 0 Å². The Kier molecular flexibility index (Phi) is 5.04. The maximum Gasteiger partial charge on any atom is 0.308 e. The van der Waals surface area contributed by atoms with Gasteiger partial charge in [-0.15, -0.1) is 0 Å². The highest BCUT2D eigenvalue weighted by molar-refractivity contribution is 5.72. The Morgan fingerprint density at radius 2 is 2.11 bits per heavy atom. The van der Waals surface area contributed by atoms with E-state index >= 15 is 0 Å². The summed E-state index contributed by atoms with van der Waals surface area (Å²) < 4.78 is 5.14. The average Bonchev–Trinajstić information content (AvgIpc) is 3.13. The third kappa shape index (κ3) is 4.27. The Morgan fingerprint density at radius 1 is 1.33 bits per heavy atom. The van der Waals surface area contributed by atoms with Crippen molar-refractivity contribution in [3.63, 3.8) is 0 Å². The molecule has 0 bridgehead atoms. The Hall–Kier alpha value is -0.570. The minimum atomic E-state index is 0.0128. The van der Waals surface area contributed by atoms with E-state index in [1.54, 1.807) is 0 Å². The second-order valence-electron chi connectivity index (χ2n) is 6.06. The van der Waals surface area contributed by atoms with E-state index in [9.17, 15) is 4.79 Å². The molecule has 2 aliphatic carbocycles. The van der Waals surface area contributed by atoms with Gasteiger partial charge in [0.25, 0.3) is 0 Å². The lowest BCUT2D eigenvalue weighted by atomic mass is 9.85. The predicted molar refractivity (Wildman–Crippen MR) is 72.3 cm³/mol. The molecule has 0 saturated heterocycles. The van der Waals surface area contributed by atoms with E-state index in [0.29, 0.717) is 18.7 Å². The van der Waals surface area contributed by atoms with Crippen molar-refractivity contribution in [2.45, 2.75) is 70.9 Å². The Morgan fingerprint density at radius 3 is 2.78 bits per heavy atom. The smallest absolute Gasteiger partial charge is 0.308 e. The van der Waals surface area contributed by atoms with Crippen LogP contribution in [0.2, 0.25) is 0 Å². The number of rotatable bonds is 6. The van der Waals surface area contributed by atoms with Gasteiger partial charge in [-0.1, -0.05) is 19.3 Å². The molecule has 0 aliphatic heterocycles. The molecule has 2 aliphatic rings. The maximum atomic E-state index is 11.8. The number of carbonyl (C=O) groups excluding carboxylic acids is 1. The summed E-state index contributed by atoms with van der Waals surface area (Å²) in [5.74, 6) is 1.11. The number of nitrogens with one attached hydrogen (secondary N) is 1. The molecular formula is C15H27NO2. The molecule has 18 heavy (non-hydrogen) atoms. The SMILES string of the molecule is CCOC(=O)C1CCCC(NC(C)CC2CC2)C1. The van der Waals surface area contributed by atoms with Crippen LogP contribution in [0.3, 0.4) is 0 Å². The first-order valence-corrected chi connectivity index (χ1v) is 7.61. The summed E-state index contributed by atoms with van der Waals surface area (Å²) in [5, 5.41) is 3.71. The summed E-state index contributed by atoms with van der Waals surface area (Å²) in [6.07, 6.45) is 8.48. The van der Waals surface area contributed by atoms with Crippen LogP contribution in [0, 0.1) is 11.8 Å². The van der Waals surface area contributed by atoms with Crippen molar-refractivity contribution >= 4 is 5.97 Å². The van der Waals surface area contributed by atoms with Crippen LogP contribution in [0.5, 0.6) is 0 Å². The largest absolute Gasteiger partial charge is 0.466 e.